The molecule has 7 heteroatoms. The van der Waals surface area contributed by atoms with Crippen molar-refractivity contribution in [1.82, 2.24) is 20.0 Å². The standard InChI is InChI=1S/C14H23N5O2/c1-9-13(15)10(2)19(17-9)8-12(20)18-6-4-5-11(7-18)14(21)16-3/h11H,4-8,15H2,1-3H3,(H,16,21). The molecular weight excluding hydrogens is 270 g/mol. The van der Waals surface area contributed by atoms with Crippen molar-refractivity contribution in [2.24, 2.45) is 5.92 Å². The average molecular weight is 293 g/mol. The normalized spacial score (nSPS) is 18.6. The van der Waals surface area contributed by atoms with Crippen molar-refractivity contribution in [1.29, 1.82) is 0 Å². The van der Waals surface area contributed by atoms with Crippen LogP contribution in [-0.4, -0.2) is 46.6 Å². The Hall–Kier alpha value is -2.05. The van der Waals surface area contributed by atoms with Crippen LogP contribution in [0.4, 0.5) is 5.69 Å². The molecule has 1 aliphatic heterocycles. The van der Waals surface area contributed by atoms with Gasteiger partial charge in [0.2, 0.25) is 11.8 Å². The molecule has 1 fully saturated rings. The zero-order valence-electron chi connectivity index (χ0n) is 12.8. The first-order valence-electron chi connectivity index (χ1n) is 7.23. The van der Waals surface area contributed by atoms with Crippen molar-refractivity contribution in [3.63, 3.8) is 0 Å². The zero-order valence-corrected chi connectivity index (χ0v) is 12.8. The Morgan fingerprint density at radius 3 is 2.71 bits per heavy atom. The monoisotopic (exact) mass is 293 g/mol. The molecule has 2 amide bonds. The molecule has 1 saturated heterocycles. The second-order valence-corrected chi connectivity index (χ2v) is 5.54. The van der Waals surface area contributed by atoms with Gasteiger partial charge in [-0.05, 0) is 26.7 Å². The molecule has 1 aromatic heterocycles. The van der Waals surface area contributed by atoms with E-state index in [0.717, 1.165) is 24.2 Å². The third-order valence-electron chi connectivity index (χ3n) is 4.11. The molecule has 7 nitrogen and oxygen atoms in total. The number of likely N-dealkylation sites (tertiary alicyclic amines) is 1. The first-order valence-corrected chi connectivity index (χ1v) is 7.23. The maximum atomic E-state index is 12.4. The van der Waals surface area contributed by atoms with Gasteiger partial charge in [-0.3, -0.25) is 14.3 Å². The predicted octanol–water partition coefficient (Wildman–Crippen LogP) is 0.0667. The third-order valence-corrected chi connectivity index (χ3v) is 4.11. The number of nitrogens with two attached hydrogens (primary N) is 1. The molecule has 116 valence electrons. The Labute approximate surface area is 124 Å². The molecule has 2 rings (SSSR count). The van der Waals surface area contributed by atoms with Crippen LogP contribution in [-0.2, 0) is 16.1 Å². The Balaban J connectivity index is 2.02. The largest absolute Gasteiger partial charge is 0.396 e. The topological polar surface area (TPSA) is 93.2 Å². The van der Waals surface area contributed by atoms with E-state index in [1.807, 2.05) is 13.8 Å². The summed E-state index contributed by atoms with van der Waals surface area (Å²) in [5.41, 5.74) is 8.05. The van der Waals surface area contributed by atoms with Crippen LogP contribution in [0.2, 0.25) is 0 Å². The van der Waals surface area contributed by atoms with Crippen molar-refractivity contribution in [3.8, 4) is 0 Å². The number of amides is 2. The number of nitrogens with one attached hydrogen (secondary N) is 1. The van der Waals surface area contributed by atoms with Crippen LogP contribution in [0.5, 0.6) is 0 Å². The summed E-state index contributed by atoms with van der Waals surface area (Å²) in [7, 11) is 1.63. The molecule has 0 radical (unpaired) electrons. The SMILES string of the molecule is CNC(=O)C1CCCN(C(=O)Cn2nc(C)c(N)c2C)C1. The van der Waals surface area contributed by atoms with Gasteiger partial charge in [-0.1, -0.05) is 0 Å². The van der Waals surface area contributed by atoms with E-state index in [0.29, 0.717) is 18.8 Å². The van der Waals surface area contributed by atoms with Gasteiger partial charge in [0, 0.05) is 20.1 Å². The number of hydrogen-bond acceptors (Lipinski definition) is 4. The van der Waals surface area contributed by atoms with E-state index < -0.39 is 0 Å². The van der Waals surface area contributed by atoms with Crippen LogP contribution >= 0.6 is 0 Å². The van der Waals surface area contributed by atoms with E-state index in [1.165, 1.54) is 0 Å². The zero-order chi connectivity index (χ0) is 15.6. The minimum atomic E-state index is -0.113. The summed E-state index contributed by atoms with van der Waals surface area (Å²) in [6, 6.07) is 0. The Morgan fingerprint density at radius 2 is 2.14 bits per heavy atom. The van der Waals surface area contributed by atoms with Gasteiger partial charge < -0.3 is 16.0 Å². The van der Waals surface area contributed by atoms with E-state index in [2.05, 4.69) is 10.4 Å². The molecule has 0 bridgehead atoms. The number of aryl methyl sites for hydroxylation is 1. The van der Waals surface area contributed by atoms with Crippen molar-refractivity contribution in [2.75, 3.05) is 25.9 Å². The Kier molecular flexibility index (Phi) is 4.50. The van der Waals surface area contributed by atoms with Crippen molar-refractivity contribution >= 4 is 17.5 Å². The fourth-order valence-corrected chi connectivity index (χ4v) is 2.71. The number of nitrogens with zero attached hydrogens (tertiary/aromatic N) is 3. The molecule has 1 atom stereocenters. The summed E-state index contributed by atoms with van der Waals surface area (Å²) in [6.07, 6.45) is 1.68. The number of nitrogen functional groups attached to an aromatic ring is 1. The van der Waals surface area contributed by atoms with E-state index in [4.69, 9.17) is 5.73 Å². The number of carbonyl (C=O) groups excluding carboxylic acids is 2. The Bertz CT molecular complexity index is 552. The highest BCUT2D eigenvalue weighted by atomic mass is 16.2. The molecule has 0 spiro atoms. The smallest absolute Gasteiger partial charge is 0.244 e. The molecule has 3 N–H and O–H groups in total. The first-order chi connectivity index (χ1) is 9.93. The van der Waals surface area contributed by atoms with Crippen molar-refractivity contribution in [2.45, 2.75) is 33.2 Å². The lowest BCUT2D eigenvalue weighted by Gasteiger charge is -2.31. The average Bonchev–Trinajstić information content (AvgIpc) is 2.73. The molecule has 21 heavy (non-hydrogen) atoms. The molecule has 2 heterocycles. The number of anilines is 1. The van der Waals surface area contributed by atoms with Crippen LogP contribution in [0.1, 0.15) is 24.2 Å². The molecule has 0 saturated carbocycles. The van der Waals surface area contributed by atoms with Crippen molar-refractivity contribution < 1.29 is 9.59 Å². The highest BCUT2D eigenvalue weighted by molar-refractivity contribution is 5.81. The second kappa shape index (κ2) is 6.15. The third kappa shape index (κ3) is 3.17. The maximum Gasteiger partial charge on any atom is 0.244 e. The predicted molar refractivity (Wildman–Crippen MR) is 79.5 cm³/mol. The van der Waals surface area contributed by atoms with Gasteiger partial charge in [0.25, 0.3) is 0 Å². The molecule has 1 aromatic rings. The first kappa shape index (κ1) is 15.3. The van der Waals surface area contributed by atoms with Crippen LogP contribution in [0.3, 0.4) is 0 Å². The molecule has 0 aliphatic carbocycles. The summed E-state index contributed by atoms with van der Waals surface area (Å²) in [5.74, 6) is -0.129. The minimum Gasteiger partial charge on any atom is -0.396 e. The minimum absolute atomic E-state index is 0.00265. The van der Waals surface area contributed by atoms with Gasteiger partial charge in [0.1, 0.15) is 6.54 Å². The number of piperidine rings is 1. The number of carbonyl (C=O) groups is 2. The molecular formula is C14H23N5O2. The lowest BCUT2D eigenvalue weighted by molar-refractivity contribution is -0.136. The van der Waals surface area contributed by atoms with Gasteiger partial charge in [-0.25, -0.2) is 0 Å². The highest BCUT2D eigenvalue weighted by Crippen LogP contribution is 2.18. The van der Waals surface area contributed by atoms with E-state index in [9.17, 15) is 9.59 Å². The summed E-state index contributed by atoms with van der Waals surface area (Å²) in [6.45, 7) is 5.02. The van der Waals surface area contributed by atoms with Crippen LogP contribution in [0, 0.1) is 19.8 Å². The van der Waals surface area contributed by atoms with Gasteiger partial charge in [0.05, 0.1) is 23.0 Å². The molecule has 1 aliphatic rings. The Morgan fingerprint density at radius 1 is 1.43 bits per heavy atom. The summed E-state index contributed by atoms with van der Waals surface area (Å²) in [4.78, 5) is 25.8. The van der Waals surface area contributed by atoms with Crippen LogP contribution in [0.15, 0.2) is 0 Å². The van der Waals surface area contributed by atoms with E-state index in [-0.39, 0.29) is 24.3 Å². The van der Waals surface area contributed by atoms with Crippen molar-refractivity contribution in [3.05, 3.63) is 11.4 Å². The molecule has 1 unspecified atom stereocenters. The lowest BCUT2D eigenvalue weighted by Crippen LogP contribution is -2.46. The number of aromatic nitrogens is 2. The van der Waals surface area contributed by atoms with Gasteiger partial charge in [-0.2, -0.15) is 5.10 Å². The summed E-state index contributed by atoms with van der Waals surface area (Å²) in [5, 5.41) is 6.93. The van der Waals surface area contributed by atoms with Crippen LogP contribution < -0.4 is 11.1 Å². The maximum absolute atomic E-state index is 12.4. The second-order valence-electron chi connectivity index (χ2n) is 5.54. The van der Waals surface area contributed by atoms with E-state index in [1.54, 1.807) is 16.6 Å². The van der Waals surface area contributed by atoms with Gasteiger partial charge in [0.15, 0.2) is 0 Å². The highest BCUT2D eigenvalue weighted by Gasteiger charge is 2.28. The summed E-state index contributed by atoms with van der Waals surface area (Å²) < 4.78 is 1.64. The quantitative estimate of drug-likeness (QED) is 0.824. The van der Waals surface area contributed by atoms with Crippen LogP contribution in [0.25, 0.3) is 0 Å². The fraction of sp³-hybridized carbons (Fsp3) is 0.643. The lowest BCUT2D eigenvalue weighted by atomic mass is 9.97. The number of rotatable bonds is 3. The van der Waals surface area contributed by atoms with E-state index >= 15 is 0 Å². The molecule has 0 aromatic carbocycles. The number of hydrogen-bond donors (Lipinski definition) is 2. The van der Waals surface area contributed by atoms with Gasteiger partial charge >= 0.3 is 0 Å². The van der Waals surface area contributed by atoms with Gasteiger partial charge in [-0.15, -0.1) is 0 Å². The fourth-order valence-electron chi connectivity index (χ4n) is 2.71. The summed E-state index contributed by atoms with van der Waals surface area (Å²) >= 11 is 0.